The van der Waals surface area contributed by atoms with Crippen LogP contribution in [0.3, 0.4) is 0 Å². The van der Waals surface area contributed by atoms with Gasteiger partial charge in [-0.1, -0.05) is 53.4 Å². The van der Waals surface area contributed by atoms with Gasteiger partial charge < -0.3 is 5.73 Å². The second-order valence-corrected chi connectivity index (χ2v) is 7.62. The van der Waals surface area contributed by atoms with Crippen molar-refractivity contribution < 1.29 is 0 Å². The fourth-order valence-corrected chi connectivity index (χ4v) is 3.24. The molecule has 0 heterocycles. The van der Waals surface area contributed by atoms with Crippen LogP contribution in [0.25, 0.3) is 0 Å². The molecule has 1 rings (SSSR count). The van der Waals surface area contributed by atoms with Gasteiger partial charge in [0.25, 0.3) is 0 Å². The van der Waals surface area contributed by atoms with Gasteiger partial charge in [-0.2, -0.15) is 0 Å². The molecule has 0 amide bonds. The van der Waals surface area contributed by atoms with E-state index in [4.69, 9.17) is 5.73 Å². The highest BCUT2D eigenvalue weighted by atomic mass is 15.2. The van der Waals surface area contributed by atoms with Gasteiger partial charge in [-0.15, -0.1) is 0 Å². The number of nitrogens with two attached hydrogens (primary N) is 1. The summed E-state index contributed by atoms with van der Waals surface area (Å²) < 4.78 is 0. The maximum atomic E-state index is 6.52. The number of hydrogen-bond donors (Lipinski definition) is 1. The highest BCUT2D eigenvalue weighted by Gasteiger charge is 2.25. The maximum Gasteiger partial charge on any atom is 0.0247 e. The molecule has 0 spiro atoms. The summed E-state index contributed by atoms with van der Waals surface area (Å²) >= 11 is 0. The predicted molar refractivity (Wildman–Crippen MR) is 89.9 cm³/mol. The summed E-state index contributed by atoms with van der Waals surface area (Å²) in [6.07, 6.45) is 10.7. The molecule has 1 aliphatic rings. The first kappa shape index (κ1) is 18.0. The van der Waals surface area contributed by atoms with E-state index in [-0.39, 0.29) is 0 Å². The van der Waals surface area contributed by atoms with Crippen LogP contribution < -0.4 is 5.73 Å². The zero-order valence-corrected chi connectivity index (χ0v) is 14.4. The fourth-order valence-electron chi connectivity index (χ4n) is 3.24. The van der Waals surface area contributed by atoms with Gasteiger partial charge in [-0.3, -0.25) is 4.90 Å². The largest absolute Gasteiger partial charge is 0.326 e. The van der Waals surface area contributed by atoms with E-state index in [2.05, 4.69) is 32.6 Å². The van der Waals surface area contributed by atoms with Crippen molar-refractivity contribution in [1.29, 1.82) is 0 Å². The Labute approximate surface area is 127 Å². The van der Waals surface area contributed by atoms with Gasteiger partial charge in [0.15, 0.2) is 0 Å². The lowest BCUT2D eigenvalue weighted by Gasteiger charge is -2.37. The molecule has 2 unspecified atom stereocenters. The number of nitrogens with zero attached hydrogens (tertiary/aromatic N) is 1. The van der Waals surface area contributed by atoms with E-state index in [1.165, 1.54) is 64.5 Å². The molecule has 1 fully saturated rings. The second kappa shape index (κ2) is 9.78. The summed E-state index contributed by atoms with van der Waals surface area (Å²) in [7, 11) is 0. The van der Waals surface area contributed by atoms with Crippen LogP contribution in [-0.2, 0) is 0 Å². The fraction of sp³-hybridized carbons (Fsp3) is 1.00. The summed E-state index contributed by atoms with van der Waals surface area (Å²) in [4.78, 5) is 2.73. The van der Waals surface area contributed by atoms with Gasteiger partial charge in [0.2, 0.25) is 0 Å². The summed E-state index contributed by atoms with van der Waals surface area (Å²) in [5.41, 5.74) is 6.52. The monoisotopic (exact) mass is 282 g/mol. The molecule has 0 aromatic rings. The Morgan fingerprint density at radius 3 is 1.85 bits per heavy atom. The molecule has 0 aromatic carbocycles. The van der Waals surface area contributed by atoms with Crippen LogP contribution in [-0.4, -0.2) is 30.1 Å². The van der Waals surface area contributed by atoms with Crippen molar-refractivity contribution in [3.63, 3.8) is 0 Å². The van der Waals surface area contributed by atoms with E-state index in [1.54, 1.807) is 0 Å². The Balaban J connectivity index is 2.60. The third-order valence-electron chi connectivity index (χ3n) is 4.74. The zero-order valence-electron chi connectivity index (χ0n) is 14.4. The highest BCUT2D eigenvalue weighted by molar-refractivity contribution is 4.84. The van der Waals surface area contributed by atoms with Crippen LogP contribution in [0, 0.1) is 11.8 Å². The lowest BCUT2D eigenvalue weighted by molar-refractivity contribution is 0.134. The lowest BCUT2D eigenvalue weighted by atomic mass is 9.91. The Kier molecular flexibility index (Phi) is 8.79. The molecule has 1 aliphatic carbocycles. The van der Waals surface area contributed by atoms with Gasteiger partial charge in [0.1, 0.15) is 0 Å². The normalized spacial score (nSPS) is 25.2. The van der Waals surface area contributed by atoms with Crippen molar-refractivity contribution in [2.24, 2.45) is 17.6 Å². The van der Waals surface area contributed by atoms with Crippen LogP contribution in [0.2, 0.25) is 0 Å². The molecular formula is C18H38N2. The molecule has 1 saturated carbocycles. The molecule has 0 radical (unpaired) electrons. The smallest absolute Gasteiger partial charge is 0.0247 e. The zero-order chi connectivity index (χ0) is 15.0. The molecule has 2 nitrogen and oxygen atoms in total. The first-order valence-electron chi connectivity index (χ1n) is 9.00. The molecule has 20 heavy (non-hydrogen) atoms. The summed E-state index contributed by atoms with van der Waals surface area (Å²) in [5.74, 6) is 1.59. The van der Waals surface area contributed by atoms with E-state index < -0.39 is 0 Å². The highest BCUT2D eigenvalue weighted by Crippen LogP contribution is 2.22. The van der Waals surface area contributed by atoms with E-state index in [9.17, 15) is 0 Å². The van der Waals surface area contributed by atoms with Crippen molar-refractivity contribution in [2.75, 3.05) is 13.1 Å². The van der Waals surface area contributed by atoms with Crippen LogP contribution in [0.15, 0.2) is 0 Å². The van der Waals surface area contributed by atoms with Crippen LogP contribution >= 0.6 is 0 Å². The number of hydrogen-bond acceptors (Lipinski definition) is 2. The van der Waals surface area contributed by atoms with Crippen molar-refractivity contribution >= 4 is 0 Å². The van der Waals surface area contributed by atoms with Crippen LogP contribution in [0.5, 0.6) is 0 Å². The molecule has 120 valence electrons. The second-order valence-electron chi connectivity index (χ2n) is 7.62. The van der Waals surface area contributed by atoms with Gasteiger partial charge in [-0.05, 0) is 50.6 Å². The van der Waals surface area contributed by atoms with Gasteiger partial charge in [0, 0.05) is 12.1 Å². The van der Waals surface area contributed by atoms with Gasteiger partial charge in [-0.25, -0.2) is 0 Å². The van der Waals surface area contributed by atoms with E-state index in [0.717, 1.165) is 11.8 Å². The van der Waals surface area contributed by atoms with Gasteiger partial charge >= 0.3 is 0 Å². The van der Waals surface area contributed by atoms with Crippen LogP contribution in [0.4, 0.5) is 0 Å². The number of rotatable bonds is 7. The standard InChI is InChI=1S/C18H38N2/c1-15(2)11-13-20(14-12-16(3)4)18-10-8-6-5-7-9-17(18)19/h15-18H,5-14,19H2,1-4H3. The van der Waals surface area contributed by atoms with Crippen molar-refractivity contribution in [2.45, 2.75) is 91.1 Å². The summed E-state index contributed by atoms with van der Waals surface area (Å²) in [6, 6.07) is 1.03. The Morgan fingerprint density at radius 2 is 1.35 bits per heavy atom. The molecule has 0 aliphatic heterocycles. The Bertz CT molecular complexity index is 226. The van der Waals surface area contributed by atoms with E-state index >= 15 is 0 Å². The molecular weight excluding hydrogens is 244 g/mol. The minimum Gasteiger partial charge on any atom is -0.326 e. The topological polar surface area (TPSA) is 29.3 Å². The SMILES string of the molecule is CC(C)CCN(CCC(C)C)C1CCCCCCC1N. The first-order valence-corrected chi connectivity index (χ1v) is 9.00. The minimum atomic E-state index is 0.398. The summed E-state index contributed by atoms with van der Waals surface area (Å²) in [5, 5.41) is 0. The Morgan fingerprint density at radius 1 is 0.850 bits per heavy atom. The van der Waals surface area contributed by atoms with Crippen molar-refractivity contribution in [1.82, 2.24) is 4.90 Å². The maximum absolute atomic E-state index is 6.52. The molecule has 2 heteroatoms. The average molecular weight is 283 g/mol. The molecule has 2 N–H and O–H groups in total. The molecule has 0 aromatic heterocycles. The predicted octanol–water partition coefficient (Wildman–Crippen LogP) is 4.43. The quantitative estimate of drug-likeness (QED) is 0.748. The van der Waals surface area contributed by atoms with Crippen LogP contribution in [0.1, 0.15) is 79.1 Å². The van der Waals surface area contributed by atoms with Gasteiger partial charge in [0.05, 0.1) is 0 Å². The molecule has 0 saturated heterocycles. The molecule has 2 atom stereocenters. The third kappa shape index (κ3) is 7.08. The lowest BCUT2D eigenvalue weighted by Crippen LogP contribution is -2.49. The average Bonchev–Trinajstić information content (AvgIpc) is 2.35. The third-order valence-corrected chi connectivity index (χ3v) is 4.74. The van der Waals surface area contributed by atoms with Crippen molar-refractivity contribution in [3.8, 4) is 0 Å². The Hall–Kier alpha value is -0.0800. The minimum absolute atomic E-state index is 0.398. The first-order chi connectivity index (χ1) is 9.50. The summed E-state index contributed by atoms with van der Waals surface area (Å²) in [6.45, 7) is 11.8. The van der Waals surface area contributed by atoms with Crippen molar-refractivity contribution in [3.05, 3.63) is 0 Å². The van der Waals surface area contributed by atoms with E-state index in [0.29, 0.717) is 12.1 Å². The molecule has 0 bridgehead atoms. The van der Waals surface area contributed by atoms with E-state index in [1.807, 2.05) is 0 Å².